The van der Waals surface area contributed by atoms with Crippen LogP contribution < -0.4 is 5.73 Å². The highest BCUT2D eigenvalue weighted by atomic mass is 35.5. The third-order valence-electron chi connectivity index (χ3n) is 5.62. The highest BCUT2D eigenvalue weighted by Crippen LogP contribution is 2.33. The van der Waals surface area contributed by atoms with Gasteiger partial charge in [0.2, 0.25) is 5.91 Å². The highest BCUT2D eigenvalue weighted by Gasteiger charge is 2.35. The maximum absolute atomic E-state index is 13.3. The molecule has 1 saturated heterocycles. The molecule has 2 aliphatic rings. The Bertz CT molecular complexity index is 546. The fourth-order valence-corrected chi connectivity index (χ4v) is 4.23. The maximum atomic E-state index is 13.3. The van der Waals surface area contributed by atoms with E-state index in [1.807, 2.05) is 11.0 Å². The van der Waals surface area contributed by atoms with E-state index in [-0.39, 0.29) is 24.1 Å². The van der Waals surface area contributed by atoms with Gasteiger partial charge in [0.15, 0.2) is 0 Å². The Morgan fingerprint density at radius 1 is 1.21 bits per heavy atom. The average Bonchev–Trinajstić information content (AvgIpc) is 3.03. The number of benzene rings is 1. The van der Waals surface area contributed by atoms with E-state index >= 15 is 0 Å². The summed E-state index contributed by atoms with van der Waals surface area (Å²) in [7, 11) is 0. The third kappa shape index (κ3) is 4.48. The molecule has 5 heteroatoms. The summed E-state index contributed by atoms with van der Waals surface area (Å²) in [5.74, 6) is 1.24. The molecule has 1 saturated carbocycles. The molecule has 24 heavy (non-hydrogen) atoms. The van der Waals surface area contributed by atoms with Gasteiger partial charge in [-0.25, -0.2) is 4.39 Å². The Hall–Kier alpha value is -1.13. The summed E-state index contributed by atoms with van der Waals surface area (Å²) in [6.07, 6.45) is 6.18. The lowest BCUT2D eigenvalue weighted by Gasteiger charge is -2.34. The van der Waals surface area contributed by atoms with Gasteiger partial charge >= 0.3 is 0 Å². The van der Waals surface area contributed by atoms with Crippen LogP contribution in [0, 0.1) is 23.6 Å². The second-order valence-electron chi connectivity index (χ2n) is 7.14. The van der Waals surface area contributed by atoms with Gasteiger partial charge in [-0.2, -0.15) is 0 Å². The molecule has 3 rings (SSSR count). The smallest absolute Gasteiger partial charge is 0.226 e. The largest absolute Gasteiger partial charge is 0.342 e. The molecule has 2 atom stereocenters. The molecule has 2 fully saturated rings. The van der Waals surface area contributed by atoms with E-state index in [9.17, 15) is 9.18 Å². The van der Waals surface area contributed by atoms with Crippen LogP contribution in [0.4, 0.5) is 4.39 Å². The van der Waals surface area contributed by atoms with Crippen molar-refractivity contribution in [3.05, 3.63) is 35.6 Å². The summed E-state index contributed by atoms with van der Waals surface area (Å²) in [5, 5.41) is 0. The Morgan fingerprint density at radius 2 is 1.96 bits per heavy atom. The van der Waals surface area contributed by atoms with E-state index in [1.54, 1.807) is 12.1 Å². The number of hydrogen-bond donors (Lipinski definition) is 1. The number of piperidine rings is 1. The number of nitrogens with two attached hydrogens (primary N) is 1. The van der Waals surface area contributed by atoms with Crippen LogP contribution in [-0.4, -0.2) is 30.4 Å². The van der Waals surface area contributed by atoms with E-state index in [4.69, 9.17) is 5.73 Å². The van der Waals surface area contributed by atoms with Gasteiger partial charge in [0.25, 0.3) is 0 Å². The number of rotatable bonds is 4. The van der Waals surface area contributed by atoms with Crippen molar-refractivity contribution in [2.75, 3.05) is 19.6 Å². The van der Waals surface area contributed by atoms with Crippen LogP contribution in [0.2, 0.25) is 0 Å². The van der Waals surface area contributed by atoms with E-state index in [2.05, 4.69) is 0 Å². The lowest BCUT2D eigenvalue weighted by atomic mass is 9.88. The molecule has 1 aliphatic heterocycles. The minimum atomic E-state index is -0.163. The summed E-state index contributed by atoms with van der Waals surface area (Å²) in [4.78, 5) is 14.7. The Balaban J connectivity index is 0.00000208. The average molecular weight is 355 g/mol. The van der Waals surface area contributed by atoms with Gasteiger partial charge in [-0.05, 0) is 68.2 Å². The third-order valence-corrected chi connectivity index (χ3v) is 5.62. The Morgan fingerprint density at radius 3 is 2.62 bits per heavy atom. The predicted octanol–water partition coefficient (Wildman–Crippen LogP) is 3.40. The van der Waals surface area contributed by atoms with Crippen LogP contribution in [0.1, 0.15) is 37.7 Å². The Labute approximate surface area is 150 Å². The molecule has 3 nitrogen and oxygen atoms in total. The first-order valence-corrected chi connectivity index (χ1v) is 8.90. The molecule has 0 spiro atoms. The number of amides is 1. The summed E-state index contributed by atoms with van der Waals surface area (Å²) < 4.78 is 13.3. The zero-order valence-corrected chi connectivity index (χ0v) is 14.9. The topological polar surface area (TPSA) is 46.3 Å². The zero-order chi connectivity index (χ0) is 16.2. The van der Waals surface area contributed by atoms with Gasteiger partial charge in [-0.15, -0.1) is 12.4 Å². The van der Waals surface area contributed by atoms with Gasteiger partial charge in [0.05, 0.1) is 0 Å². The molecule has 1 aromatic rings. The van der Waals surface area contributed by atoms with Crippen molar-refractivity contribution in [1.29, 1.82) is 0 Å². The first-order valence-electron chi connectivity index (χ1n) is 8.90. The number of nitrogens with zero attached hydrogens (tertiary/aromatic N) is 1. The standard InChI is InChI=1S/C19H27FN2O.ClH/c20-17-5-1-3-15(12-17)11-14-7-9-22(10-8-14)19(23)18-6-2-4-16(18)13-21;/h1,3,5,12,14,16,18H,2,4,6-11,13,21H2;1H/t16-,18-;/m1./s1. The van der Waals surface area contributed by atoms with Crippen molar-refractivity contribution in [2.24, 2.45) is 23.5 Å². The SMILES string of the molecule is Cl.NC[C@H]1CCC[C@H]1C(=O)N1CCC(Cc2cccc(F)c2)CC1. The minimum absolute atomic E-state index is 0. The molecule has 1 amide bonds. The number of carbonyl (C=O) groups is 1. The molecule has 1 aliphatic carbocycles. The summed E-state index contributed by atoms with van der Waals surface area (Å²) >= 11 is 0. The maximum Gasteiger partial charge on any atom is 0.226 e. The second kappa shape index (κ2) is 8.82. The highest BCUT2D eigenvalue weighted by molar-refractivity contribution is 5.85. The quantitative estimate of drug-likeness (QED) is 0.900. The molecule has 2 N–H and O–H groups in total. The van der Waals surface area contributed by atoms with E-state index < -0.39 is 0 Å². The molecule has 1 aromatic carbocycles. The summed E-state index contributed by atoms with van der Waals surface area (Å²) in [6.45, 7) is 2.31. The van der Waals surface area contributed by atoms with E-state index in [1.165, 1.54) is 6.07 Å². The van der Waals surface area contributed by atoms with Crippen LogP contribution in [0.15, 0.2) is 24.3 Å². The van der Waals surface area contributed by atoms with Crippen molar-refractivity contribution >= 4 is 18.3 Å². The molecule has 0 bridgehead atoms. The summed E-state index contributed by atoms with van der Waals surface area (Å²) in [5.41, 5.74) is 6.87. The van der Waals surface area contributed by atoms with Crippen molar-refractivity contribution < 1.29 is 9.18 Å². The van der Waals surface area contributed by atoms with Crippen LogP contribution in [0.25, 0.3) is 0 Å². The molecule has 0 radical (unpaired) electrons. The monoisotopic (exact) mass is 354 g/mol. The van der Waals surface area contributed by atoms with Crippen molar-refractivity contribution in [1.82, 2.24) is 4.90 Å². The molecule has 0 aromatic heterocycles. The van der Waals surface area contributed by atoms with Gasteiger partial charge in [-0.3, -0.25) is 4.79 Å². The van der Waals surface area contributed by atoms with Gasteiger partial charge < -0.3 is 10.6 Å². The molecule has 1 heterocycles. The van der Waals surface area contributed by atoms with Crippen LogP contribution >= 0.6 is 12.4 Å². The Kier molecular flexibility index (Phi) is 7.05. The van der Waals surface area contributed by atoms with Crippen LogP contribution in [0.5, 0.6) is 0 Å². The minimum Gasteiger partial charge on any atom is -0.342 e. The lowest BCUT2D eigenvalue weighted by molar-refractivity contribution is -0.138. The molecular weight excluding hydrogens is 327 g/mol. The van der Waals surface area contributed by atoms with E-state index in [0.29, 0.717) is 24.3 Å². The van der Waals surface area contributed by atoms with Gasteiger partial charge in [0.1, 0.15) is 5.82 Å². The van der Waals surface area contributed by atoms with Crippen LogP contribution in [-0.2, 0) is 11.2 Å². The van der Waals surface area contributed by atoms with Gasteiger partial charge in [-0.1, -0.05) is 18.6 Å². The van der Waals surface area contributed by atoms with Crippen molar-refractivity contribution in [3.63, 3.8) is 0 Å². The van der Waals surface area contributed by atoms with Crippen LogP contribution in [0.3, 0.4) is 0 Å². The number of halogens is 2. The zero-order valence-electron chi connectivity index (χ0n) is 14.1. The first kappa shape index (κ1) is 19.2. The summed E-state index contributed by atoms with van der Waals surface area (Å²) in [6, 6.07) is 6.88. The van der Waals surface area contributed by atoms with Crippen molar-refractivity contribution in [3.8, 4) is 0 Å². The van der Waals surface area contributed by atoms with E-state index in [0.717, 1.165) is 57.2 Å². The molecule has 134 valence electrons. The number of hydrogen-bond acceptors (Lipinski definition) is 2. The second-order valence-corrected chi connectivity index (χ2v) is 7.14. The fourth-order valence-electron chi connectivity index (χ4n) is 4.23. The number of carbonyl (C=O) groups excluding carboxylic acids is 1. The lowest BCUT2D eigenvalue weighted by Crippen LogP contribution is -2.43. The molecule has 0 unspecified atom stereocenters. The fraction of sp³-hybridized carbons (Fsp3) is 0.632. The normalized spacial score (nSPS) is 24.7. The van der Waals surface area contributed by atoms with Gasteiger partial charge in [0, 0.05) is 19.0 Å². The number of likely N-dealkylation sites (tertiary alicyclic amines) is 1. The first-order chi connectivity index (χ1) is 11.2. The van der Waals surface area contributed by atoms with Crippen molar-refractivity contribution in [2.45, 2.75) is 38.5 Å². The molecular formula is C19H28ClFN2O. The predicted molar refractivity (Wildman–Crippen MR) is 96.5 cm³/mol.